The molecule has 0 aromatic heterocycles. The van der Waals surface area contributed by atoms with Crippen LogP contribution in [-0.2, 0) is 0 Å². The molecule has 0 aromatic carbocycles. The zero-order valence-corrected chi connectivity index (χ0v) is 14.8. The van der Waals surface area contributed by atoms with E-state index in [1.165, 1.54) is 90.4 Å². The number of hydrogen-bond acceptors (Lipinski definition) is 2. The molecule has 0 saturated heterocycles. The number of rotatable bonds is 15. The number of hydrazine groups is 1. The molecule has 0 fully saturated rings. The molecule has 20 heavy (non-hydrogen) atoms. The van der Waals surface area contributed by atoms with Crippen molar-refractivity contribution in [2.24, 2.45) is 0 Å². The molecule has 0 N–H and O–H groups in total. The summed E-state index contributed by atoms with van der Waals surface area (Å²) in [6, 6.07) is 0. The fraction of sp³-hybridized carbons (Fsp3) is 1.00. The topological polar surface area (TPSA) is 6.48 Å². The highest BCUT2D eigenvalue weighted by Gasteiger charge is 2.13. The molecule has 0 amide bonds. The first-order valence-electron chi connectivity index (χ1n) is 9.29. The fourth-order valence-electron chi connectivity index (χ4n) is 2.56. The first-order valence-corrected chi connectivity index (χ1v) is 9.29. The van der Waals surface area contributed by atoms with Gasteiger partial charge in [-0.15, -0.1) is 0 Å². The quantitative estimate of drug-likeness (QED) is 0.290. The Morgan fingerprint density at radius 1 is 0.400 bits per heavy atom. The van der Waals surface area contributed by atoms with Gasteiger partial charge in [0.05, 0.1) is 0 Å². The van der Waals surface area contributed by atoms with E-state index in [-0.39, 0.29) is 0 Å². The van der Waals surface area contributed by atoms with E-state index in [0.717, 1.165) is 0 Å². The zero-order valence-electron chi connectivity index (χ0n) is 14.8. The third-order valence-electron chi connectivity index (χ3n) is 3.98. The first-order chi connectivity index (χ1) is 9.79. The molecule has 0 aliphatic carbocycles. The van der Waals surface area contributed by atoms with Crippen LogP contribution < -0.4 is 0 Å². The second-order valence-electron chi connectivity index (χ2n) is 6.03. The highest BCUT2D eigenvalue weighted by Crippen LogP contribution is 2.09. The molecule has 0 radical (unpaired) electrons. The molecule has 0 unspecified atom stereocenters. The SMILES string of the molecule is CCCCCN(CCCCC)N(CCCC)CCCC. The largest absolute Gasteiger partial charge is 0.242 e. The van der Waals surface area contributed by atoms with Gasteiger partial charge in [0.1, 0.15) is 0 Å². The van der Waals surface area contributed by atoms with Crippen LogP contribution >= 0.6 is 0 Å². The Kier molecular flexibility index (Phi) is 15.3. The maximum atomic E-state index is 2.68. The third-order valence-corrected chi connectivity index (χ3v) is 3.98. The van der Waals surface area contributed by atoms with Gasteiger partial charge in [-0.25, -0.2) is 10.0 Å². The predicted octanol–water partition coefficient (Wildman–Crippen LogP) is 5.49. The van der Waals surface area contributed by atoms with Crippen molar-refractivity contribution >= 4 is 0 Å². The lowest BCUT2D eigenvalue weighted by atomic mass is 10.2. The van der Waals surface area contributed by atoms with Gasteiger partial charge in [-0.1, -0.05) is 66.2 Å². The summed E-state index contributed by atoms with van der Waals surface area (Å²) in [6.45, 7) is 14.3. The van der Waals surface area contributed by atoms with Gasteiger partial charge >= 0.3 is 0 Å². The van der Waals surface area contributed by atoms with Crippen LogP contribution in [0.15, 0.2) is 0 Å². The monoisotopic (exact) mass is 284 g/mol. The minimum Gasteiger partial charge on any atom is -0.242 e. The Hall–Kier alpha value is -0.0800. The Labute approximate surface area is 128 Å². The summed E-state index contributed by atoms with van der Waals surface area (Å²) in [4.78, 5) is 0. The molecule has 122 valence electrons. The lowest BCUT2D eigenvalue weighted by molar-refractivity contribution is -0.0300. The van der Waals surface area contributed by atoms with Gasteiger partial charge in [0.2, 0.25) is 0 Å². The highest BCUT2D eigenvalue weighted by molar-refractivity contribution is 4.60. The van der Waals surface area contributed by atoms with Gasteiger partial charge in [0.15, 0.2) is 0 Å². The molecule has 0 aliphatic rings. The van der Waals surface area contributed by atoms with Crippen molar-refractivity contribution in [1.82, 2.24) is 10.0 Å². The minimum atomic E-state index is 1.26. The number of hydrogen-bond donors (Lipinski definition) is 0. The molecule has 0 atom stereocenters. The maximum absolute atomic E-state index is 2.68. The van der Waals surface area contributed by atoms with Crippen LogP contribution in [0.4, 0.5) is 0 Å². The normalized spacial score (nSPS) is 11.7. The Morgan fingerprint density at radius 2 is 0.700 bits per heavy atom. The summed E-state index contributed by atoms with van der Waals surface area (Å²) >= 11 is 0. The van der Waals surface area contributed by atoms with Crippen molar-refractivity contribution in [3.05, 3.63) is 0 Å². The van der Waals surface area contributed by atoms with Crippen LogP contribution in [0.25, 0.3) is 0 Å². The molecule has 0 heterocycles. The summed E-state index contributed by atoms with van der Waals surface area (Å²) in [5.41, 5.74) is 0. The summed E-state index contributed by atoms with van der Waals surface area (Å²) in [5, 5.41) is 5.34. The summed E-state index contributed by atoms with van der Waals surface area (Å²) < 4.78 is 0. The van der Waals surface area contributed by atoms with Crippen molar-refractivity contribution in [2.75, 3.05) is 26.2 Å². The van der Waals surface area contributed by atoms with E-state index in [1.807, 2.05) is 0 Å². The van der Waals surface area contributed by atoms with Crippen LogP contribution in [0.3, 0.4) is 0 Å². The smallest absolute Gasteiger partial charge is 0.0133 e. The highest BCUT2D eigenvalue weighted by atomic mass is 15.6. The Bertz CT molecular complexity index is 164. The van der Waals surface area contributed by atoms with Gasteiger partial charge in [0, 0.05) is 26.2 Å². The van der Waals surface area contributed by atoms with E-state index in [4.69, 9.17) is 0 Å². The standard InChI is InChI=1S/C18H40N2/c1-5-9-13-17-20(18-14-10-6-2)19(15-11-7-3)16-12-8-4/h5-18H2,1-4H3. The molecular weight excluding hydrogens is 244 g/mol. The number of nitrogens with zero attached hydrogens (tertiary/aromatic N) is 2. The summed E-state index contributed by atoms with van der Waals surface area (Å²) in [6.07, 6.45) is 13.4. The Balaban J connectivity index is 4.33. The maximum Gasteiger partial charge on any atom is 0.0133 e. The lowest BCUT2D eigenvalue weighted by Gasteiger charge is -2.35. The van der Waals surface area contributed by atoms with E-state index in [1.54, 1.807) is 0 Å². The lowest BCUT2D eigenvalue weighted by Crippen LogP contribution is -2.45. The van der Waals surface area contributed by atoms with Crippen molar-refractivity contribution in [3.8, 4) is 0 Å². The third kappa shape index (κ3) is 10.7. The zero-order chi connectivity index (χ0) is 15.1. The fourth-order valence-corrected chi connectivity index (χ4v) is 2.56. The molecule has 0 bridgehead atoms. The van der Waals surface area contributed by atoms with Crippen molar-refractivity contribution in [1.29, 1.82) is 0 Å². The van der Waals surface area contributed by atoms with E-state index >= 15 is 0 Å². The van der Waals surface area contributed by atoms with Crippen molar-refractivity contribution in [3.63, 3.8) is 0 Å². The second kappa shape index (κ2) is 15.3. The molecule has 0 aliphatic heterocycles. The minimum absolute atomic E-state index is 1.26. The Morgan fingerprint density at radius 3 is 1.00 bits per heavy atom. The molecule has 0 saturated carbocycles. The van der Waals surface area contributed by atoms with E-state index in [2.05, 4.69) is 37.7 Å². The van der Waals surface area contributed by atoms with Gasteiger partial charge in [-0.2, -0.15) is 0 Å². The first kappa shape index (κ1) is 19.9. The van der Waals surface area contributed by atoms with Gasteiger partial charge in [0.25, 0.3) is 0 Å². The van der Waals surface area contributed by atoms with Crippen LogP contribution in [0.5, 0.6) is 0 Å². The van der Waals surface area contributed by atoms with E-state index in [9.17, 15) is 0 Å². The van der Waals surface area contributed by atoms with Crippen LogP contribution in [0.2, 0.25) is 0 Å². The van der Waals surface area contributed by atoms with Gasteiger partial charge < -0.3 is 0 Å². The van der Waals surface area contributed by atoms with Crippen molar-refractivity contribution in [2.45, 2.75) is 91.9 Å². The van der Waals surface area contributed by atoms with E-state index in [0.29, 0.717) is 0 Å². The van der Waals surface area contributed by atoms with Crippen molar-refractivity contribution < 1.29 is 0 Å². The van der Waals surface area contributed by atoms with Gasteiger partial charge in [-0.05, 0) is 25.7 Å². The molecule has 2 heteroatoms. The van der Waals surface area contributed by atoms with Gasteiger partial charge in [-0.3, -0.25) is 0 Å². The van der Waals surface area contributed by atoms with E-state index < -0.39 is 0 Å². The molecule has 0 spiro atoms. The molecule has 2 nitrogen and oxygen atoms in total. The van der Waals surface area contributed by atoms with Crippen LogP contribution in [-0.4, -0.2) is 36.2 Å². The summed E-state index contributed by atoms with van der Waals surface area (Å²) in [5.74, 6) is 0. The van der Waals surface area contributed by atoms with Crippen LogP contribution in [0, 0.1) is 0 Å². The average molecular weight is 285 g/mol. The molecule has 0 rings (SSSR count). The summed E-state index contributed by atoms with van der Waals surface area (Å²) in [7, 11) is 0. The molecule has 0 aromatic rings. The predicted molar refractivity (Wildman–Crippen MR) is 92.0 cm³/mol. The second-order valence-corrected chi connectivity index (χ2v) is 6.03. The van der Waals surface area contributed by atoms with Crippen LogP contribution in [0.1, 0.15) is 91.9 Å². The number of unbranched alkanes of at least 4 members (excludes halogenated alkanes) is 6. The average Bonchev–Trinajstić information content (AvgIpc) is 2.46. The molecular formula is C18H40N2.